The first-order chi connectivity index (χ1) is 9.87. The maximum atomic E-state index is 12.4. The fourth-order valence-corrected chi connectivity index (χ4v) is 6.14. The molecule has 1 aliphatic carbocycles. The Labute approximate surface area is 124 Å². The summed E-state index contributed by atoms with van der Waals surface area (Å²) in [6.45, 7) is 0.528. The molecule has 0 aromatic carbocycles. The van der Waals surface area contributed by atoms with Crippen LogP contribution >= 0.6 is 0 Å². The molecule has 0 bridgehead atoms. The Kier molecular flexibility index (Phi) is 3.71. The Morgan fingerprint density at radius 3 is 2.57 bits per heavy atom. The molecule has 0 spiro atoms. The number of hydrogen-bond donors (Lipinski definition) is 1. The van der Waals surface area contributed by atoms with E-state index in [-0.39, 0.29) is 35.7 Å². The highest BCUT2D eigenvalue weighted by atomic mass is 32.2. The number of aliphatic carboxylic acids is 1. The molecule has 4 unspecified atom stereocenters. The number of hydrogen-bond acceptors (Lipinski definition) is 4. The van der Waals surface area contributed by atoms with Crippen molar-refractivity contribution in [3.8, 4) is 0 Å². The van der Waals surface area contributed by atoms with E-state index in [2.05, 4.69) is 0 Å². The Morgan fingerprint density at radius 1 is 1.19 bits per heavy atom. The fourth-order valence-electron chi connectivity index (χ4n) is 4.28. The molecule has 6 nitrogen and oxygen atoms in total. The summed E-state index contributed by atoms with van der Waals surface area (Å²) < 4.78 is 22.9. The molecule has 3 fully saturated rings. The topological polar surface area (TPSA) is 91.8 Å². The van der Waals surface area contributed by atoms with Crippen LogP contribution in [0.5, 0.6) is 0 Å². The second-order valence-corrected chi connectivity index (χ2v) is 8.89. The van der Waals surface area contributed by atoms with Gasteiger partial charge in [-0.15, -0.1) is 0 Å². The molecule has 4 atom stereocenters. The quantitative estimate of drug-likeness (QED) is 0.820. The van der Waals surface area contributed by atoms with Crippen LogP contribution in [0.1, 0.15) is 32.1 Å². The van der Waals surface area contributed by atoms with Gasteiger partial charge in [0.1, 0.15) is 6.04 Å². The smallest absolute Gasteiger partial charge is 0.326 e. The molecule has 21 heavy (non-hydrogen) atoms. The number of fused-ring (bicyclic) bond motifs is 1. The van der Waals surface area contributed by atoms with Crippen LogP contribution in [0.3, 0.4) is 0 Å². The van der Waals surface area contributed by atoms with Gasteiger partial charge in [0.05, 0.1) is 11.5 Å². The second kappa shape index (κ2) is 5.26. The number of sulfone groups is 1. The monoisotopic (exact) mass is 315 g/mol. The van der Waals surface area contributed by atoms with Crippen LogP contribution in [0.4, 0.5) is 0 Å². The van der Waals surface area contributed by atoms with Crippen molar-refractivity contribution in [3.63, 3.8) is 0 Å². The van der Waals surface area contributed by atoms with Gasteiger partial charge in [0.2, 0.25) is 5.91 Å². The summed E-state index contributed by atoms with van der Waals surface area (Å²) >= 11 is 0. The molecular formula is C14H21NO5S. The molecule has 1 saturated carbocycles. The average molecular weight is 315 g/mol. The van der Waals surface area contributed by atoms with Crippen molar-refractivity contribution in [3.05, 3.63) is 0 Å². The van der Waals surface area contributed by atoms with Crippen molar-refractivity contribution >= 4 is 21.7 Å². The highest BCUT2D eigenvalue weighted by Crippen LogP contribution is 2.42. The first-order valence-corrected chi connectivity index (χ1v) is 9.42. The predicted molar refractivity (Wildman–Crippen MR) is 75.3 cm³/mol. The lowest BCUT2D eigenvalue weighted by atomic mass is 9.94. The second-order valence-electron chi connectivity index (χ2n) is 6.66. The summed E-state index contributed by atoms with van der Waals surface area (Å²) in [5, 5.41) is 9.43. The Hall–Kier alpha value is -1.11. The standard InChI is InChI=1S/C14H21NO5S/c16-12(6-9-4-5-21(19,20)8-9)15-7-10-2-1-3-11(10)13(15)14(17)18/h9-11,13H,1-8H2,(H,17,18). The van der Waals surface area contributed by atoms with Gasteiger partial charge in [-0.2, -0.15) is 0 Å². The molecule has 3 aliphatic rings. The minimum Gasteiger partial charge on any atom is -0.480 e. The lowest BCUT2D eigenvalue weighted by Crippen LogP contribution is -2.43. The fraction of sp³-hybridized carbons (Fsp3) is 0.857. The number of rotatable bonds is 3. The number of carbonyl (C=O) groups excluding carboxylic acids is 1. The maximum absolute atomic E-state index is 12.4. The minimum atomic E-state index is -3.00. The Bertz CT molecular complexity index is 558. The molecule has 7 heteroatoms. The van der Waals surface area contributed by atoms with Gasteiger partial charge in [-0.05, 0) is 37.0 Å². The first kappa shape index (κ1) is 14.8. The molecule has 0 aromatic rings. The molecule has 118 valence electrons. The van der Waals surface area contributed by atoms with E-state index in [4.69, 9.17) is 0 Å². The van der Waals surface area contributed by atoms with Gasteiger partial charge in [-0.25, -0.2) is 13.2 Å². The molecule has 2 heterocycles. The molecule has 1 N–H and O–H groups in total. The molecule has 2 aliphatic heterocycles. The van der Waals surface area contributed by atoms with Gasteiger partial charge >= 0.3 is 5.97 Å². The molecule has 0 aromatic heterocycles. The van der Waals surface area contributed by atoms with E-state index in [1.165, 1.54) is 4.90 Å². The van der Waals surface area contributed by atoms with Crippen LogP contribution in [0, 0.1) is 17.8 Å². The van der Waals surface area contributed by atoms with Gasteiger partial charge in [0.15, 0.2) is 9.84 Å². The number of carbonyl (C=O) groups is 2. The summed E-state index contributed by atoms with van der Waals surface area (Å²) in [6.07, 6.45) is 3.61. The van der Waals surface area contributed by atoms with Crippen LogP contribution in [0.15, 0.2) is 0 Å². The van der Waals surface area contributed by atoms with Crippen LogP contribution in [0.2, 0.25) is 0 Å². The van der Waals surface area contributed by atoms with Crippen molar-refractivity contribution in [2.75, 3.05) is 18.1 Å². The van der Waals surface area contributed by atoms with E-state index in [1.54, 1.807) is 0 Å². The lowest BCUT2D eigenvalue weighted by Gasteiger charge is -2.25. The van der Waals surface area contributed by atoms with Gasteiger partial charge < -0.3 is 10.0 Å². The van der Waals surface area contributed by atoms with E-state index in [1.807, 2.05) is 0 Å². The van der Waals surface area contributed by atoms with Crippen LogP contribution in [0.25, 0.3) is 0 Å². The summed E-state index contributed by atoms with van der Waals surface area (Å²) in [7, 11) is -3.00. The first-order valence-electron chi connectivity index (χ1n) is 7.60. The van der Waals surface area contributed by atoms with E-state index in [9.17, 15) is 23.1 Å². The van der Waals surface area contributed by atoms with E-state index in [0.717, 1.165) is 19.3 Å². The van der Waals surface area contributed by atoms with Crippen LogP contribution < -0.4 is 0 Å². The number of likely N-dealkylation sites (tertiary alicyclic amines) is 1. The molecule has 0 radical (unpaired) electrons. The third-order valence-electron chi connectivity index (χ3n) is 5.25. The summed E-state index contributed by atoms with van der Waals surface area (Å²) in [5.41, 5.74) is 0. The minimum absolute atomic E-state index is 0.0666. The number of nitrogens with zero attached hydrogens (tertiary/aromatic N) is 1. The number of amides is 1. The highest BCUT2D eigenvalue weighted by Gasteiger charge is 2.49. The van der Waals surface area contributed by atoms with Crippen LogP contribution in [-0.4, -0.2) is 54.4 Å². The highest BCUT2D eigenvalue weighted by molar-refractivity contribution is 7.91. The zero-order valence-electron chi connectivity index (χ0n) is 11.9. The predicted octanol–water partition coefficient (Wildman–Crippen LogP) is 0.523. The van der Waals surface area contributed by atoms with Crippen molar-refractivity contribution < 1.29 is 23.1 Å². The summed E-state index contributed by atoms with van der Waals surface area (Å²) in [6, 6.07) is -0.706. The maximum Gasteiger partial charge on any atom is 0.326 e. The Balaban J connectivity index is 1.68. The molecular weight excluding hydrogens is 294 g/mol. The van der Waals surface area contributed by atoms with Gasteiger partial charge in [0.25, 0.3) is 0 Å². The molecule has 2 saturated heterocycles. The third-order valence-corrected chi connectivity index (χ3v) is 7.09. The third kappa shape index (κ3) is 2.80. The van der Waals surface area contributed by atoms with Crippen molar-refractivity contribution in [1.82, 2.24) is 4.90 Å². The largest absolute Gasteiger partial charge is 0.480 e. The van der Waals surface area contributed by atoms with E-state index >= 15 is 0 Å². The molecule has 1 amide bonds. The van der Waals surface area contributed by atoms with Crippen molar-refractivity contribution in [2.24, 2.45) is 17.8 Å². The van der Waals surface area contributed by atoms with Gasteiger partial charge in [-0.3, -0.25) is 4.79 Å². The molecule has 3 rings (SSSR count). The normalized spacial score (nSPS) is 37.6. The zero-order chi connectivity index (χ0) is 15.2. The lowest BCUT2D eigenvalue weighted by molar-refractivity contribution is -0.150. The van der Waals surface area contributed by atoms with Crippen molar-refractivity contribution in [2.45, 2.75) is 38.1 Å². The average Bonchev–Trinajstić information content (AvgIpc) is 3.01. The van der Waals surface area contributed by atoms with Crippen LogP contribution in [-0.2, 0) is 19.4 Å². The van der Waals surface area contributed by atoms with Gasteiger partial charge in [0, 0.05) is 13.0 Å². The van der Waals surface area contributed by atoms with E-state index < -0.39 is 21.8 Å². The summed E-state index contributed by atoms with van der Waals surface area (Å²) in [4.78, 5) is 25.4. The van der Waals surface area contributed by atoms with E-state index in [0.29, 0.717) is 18.9 Å². The zero-order valence-corrected chi connectivity index (χ0v) is 12.7. The van der Waals surface area contributed by atoms with Gasteiger partial charge in [-0.1, -0.05) is 6.42 Å². The number of carboxylic acid groups (broad SMARTS) is 1. The van der Waals surface area contributed by atoms with Crippen molar-refractivity contribution in [1.29, 1.82) is 0 Å². The summed E-state index contributed by atoms with van der Waals surface area (Å²) in [5.74, 6) is -0.635. The SMILES string of the molecule is O=C(O)C1C2CCCC2CN1C(=O)CC1CCS(=O)(=O)C1. The Morgan fingerprint density at radius 2 is 1.95 bits per heavy atom. The number of carboxylic acids is 1.